The number of para-hydroxylation sites is 1. The predicted molar refractivity (Wildman–Crippen MR) is 45.8 cm³/mol. The van der Waals surface area contributed by atoms with Crippen molar-refractivity contribution in [1.82, 2.24) is 0 Å². The number of hydrogen-bond acceptors (Lipinski definition) is 3. The molecule has 0 bridgehead atoms. The van der Waals surface area contributed by atoms with Gasteiger partial charge in [-0.05, 0) is 12.1 Å². The Labute approximate surface area is 70.8 Å². The quantitative estimate of drug-likeness (QED) is 0.373. The number of anilines is 1. The van der Waals surface area contributed by atoms with Crippen molar-refractivity contribution in [2.75, 3.05) is 11.9 Å². The van der Waals surface area contributed by atoms with E-state index in [-0.39, 0.29) is 0 Å². The molecule has 0 unspecified atom stereocenters. The Bertz CT molecular complexity index is 328. The van der Waals surface area contributed by atoms with Gasteiger partial charge < -0.3 is 0 Å². The zero-order valence-electron chi connectivity index (χ0n) is 6.69. The van der Waals surface area contributed by atoms with Crippen molar-refractivity contribution in [2.45, 2.75) is 0 Å². The van der Waals surface area contributed by atoms with Crippen LogP contribution < -0.4 is 4.90 Å². The molecule has 0 atom stereocenters. The lowest BCUT2D eigenvalue weighted by Gasteiger charge is -2.09. The summed E-state index contributed by atoms with van der Waals surface area (Å²) in [7, 11) is 1.61. The Morgan fingerprint density at radius 1 is 1.50 bits per heavy atom. The van der Waals surface area contributed by atoms with Crippen LogP contribution in [0.1, 0.15) is 10.4 Å². The molecule has 60 valence electrons. The highest BCUT2D eigenvalue weighted by Gasteiger charge is 2.03. The molecular weight excluding hydrogens is 152 g/mol. The number of nitriles is 1. The lowest BCUT2D eigenvalue weighted by Crippen LogP contribution is -2.10. The number of carbonyl (C=O) groups is 1. The predicted octanol–water partition coefficient (Wildman–Crippen LogP) is 1.42. The molecule has 0 heterocycles. The molecule has 0 aliphatic rings. The van der Waals surface area contributed by atoms with Gasteiger partial charge in [-0.2, -0.15) is 5.26 Å². The minimum atomic E-state index is 0.529. The summed E-state index contributed by atoms with van der Waals surface area (Å²) in [5.74, 6) is 0. The van der Waals surface area contributed by atoms with Crippen molar-refractivity contribution in [3.8, 4) is 6.19 Å². The number of nitrogens with zero attached hydrogens (tertiary/aromatic N) is 2. The molecule has 1 aromatic carbocycles. The average Bonchev–Trinajstić information content (AvgIpc) is 2.16. The number of hydrogen-bond donors (Lipinski definition) is 0. The third-order valence-electron chi connectivity index (χ3n) is 1.58. The van der Waals surface area contributed by atoms with E-state index in [1.165, 1.54) is 4.90 Å². The molecule has 0 amide bonds. The van der Waals surface area contributed by atoms with Crippen LogP contribution in [0, 0.1) is 11.5 Å². The van der Waals surface area contributed by atoms with E-state index < -0.39 is 0 Å². The zero-order valence-corrected chi connectivity index (χ0v) is 6.69. The maximum absolute atomic E-state index is 10.5. The van der Waals surface area contributed by atoms with Gasteiger partial charge >= 0.3 is 0 Å². The lowest BCUT2D eigenvalue weighted by atomic mass is 10.2. The van der Waals surface area contributed by atoms with Crippen LogP contribution in [0.4, 0.5) is 5.69 Å². The van der Waals surface area contributed by atoms with Crippen molar-refractivity contribution in [2.24, 2.45) is 0 Å². The molecule has 1 rings (SSSR count). The summed E-state index contributed by atoms with van der Waals surface area (Å²) in [6, 6.07) is 6.96. The summed E-state index contributed by atoms with van der Waals surface area (Å²) in [5.41, 5.74) is 1.16. The smallest absolute Gasteiger partial charge is 0.184 e. The van der Waals surface area contributed by atoms with Crippen molar-refractivity contribution < 1.29 is 4.79 Å². The Morgan fingerprint density at radius 2 is 2.17 bits per heavy atom. The third kappa shape index (κ3) is 1.43. The monoisotopic (exact) mass is 160 g/mol. The van der Waals surface area contributed by atoms with Crippen LogP contribution in [0.25, 0.3) is 0 Å². The molecule has 0 aliphatic carbocycles. The van der Waals surface area contributed by atoms with Crippen LogP contribution in [0.5, 0.6) is 0 Å². The van der Waals surface area contributed by atoms with Gasteiger partial charge in [-0.25, -0.2) is 0 Å². The van der Waals surface area contributed by atoms with E-state index in [1.807, 2.05) is 6.19 Å². The highest BCUT2D eigenvalue weighted by atomic mass is 16.1. The minimum Gasteiger partial charge on any atom is -0.298 e. The highest BCUT2D eigenvalue weighted by Crippen LogP contribution is 2.15. The van der Waals surface area contributed by atoms with Crippen molar-refractivity contribution in [1.29, 1.82) is 5.26 Å². The largest absolute Gasteiger partial charge is 0.298 e. The van der Waals surface area contributed by atoms with E-state index in [2.05, 4.69) is 0 Å². The van der Waals surface area contributed by atoms with E-state index in [4.69, 9.17) is 5.26 Å². The zero-order chi connectivity index (χ0) is 8.97. The second-order valence-corrected chi connectivity index (χ2v) is 2.34. The average molecular weight is 160 g/mol. The first-order valence-electron chi connectivity index (χ1n) is 3.47. The molecule has 0 fully saturated rings. The first-order chi connectivity index (χ1) is 5.79. The van der Waals surface area contributed by atoms with Gasteiger partial charge in [0, 0.05) is 12.6 Å². The standard InChI is InChI=1S/C9H8N2O/c1-11(7-10)9-5-3-2-4-8(9)6-12/h2-6H,1H3. The third-order valence-corrected chi connectivity index (χ3v) is 1.58. The topological polar surface area (TPSA) is 44.1 Å². The van der Waals surface area contributed by atoms with E-state index in [0.717, 1.165) is 6.29 Å². The molecule has 0 saturated heterocycles. The van der Waals surface area contributed by atoms with Gasteiger partial charge in [-0.15, -0.1) is 0 Å². The van der Waals surface area contributed by atoms with Gasteiger partial charge in [-0.1, -0.05) is 12.1 Å². The van der Waals surface area contributed by atoms with Gasteiger partial charge in [0.25, 0.3) is 0 Å². The molecule has 12 heavy (non-hydrogen) atoms. The summed E-state index contributed by atoms with van der Waals surface area (Å²) in [6.45, 7) is 0. The molecule has 1 aromatic rings. The summed E-state index contributed by atoms with van der Waals surface area (Å²) in [5, 5.41) is 8.57. The van der Waals surface area contributed by atoms with E-state index in [1.54, 1.807) is 31.3 Å². The summed E-state index contributed by atoms with van der Waals surface area (Å²) in [6.07, 6.45) is 2.67. The van der Waals surface area contributed by atoms with Gasteiger partial charge in [0.1, 0.15) is 0 Å². The van der Waals surface area contributed by atoms with E-state index in [9.17, 15) is 4.79 Å². The van der Waals surface area contributed by atoms with E-state index >= 15 is 0 Å². The molecule has 0 aliphatic heterocycles. The first kappa shape index (κ1) is 8.28. The fourth-order valence-corrected chi connectivity index (χ4v) is 0.947. The molecule has 3 nitrogen and oxygen atoms in total. The van der Waals surface area contributed by atoms with Crippen molar-refractivity contribution in [3.63, 3.8) is 0 Å². The van der Waals surface area contributed by atoms with Crippen molar-refractivity contribution in [3.05, 3.63) is 29.8 Å². The maximum Gasteiger partial charge on any atom is 0.184 e. The Kier molecular flexibility index (Phi) is 2.44. The Hall–Kier alpha value is -1.82. The van der Waals surface area contributed by atoms with E-state index in [0.29, 0.717) is 11.3 Å². The summed E-state index contributed by atoms with van der Waals surface area (Å²) >= 11 is 0. The fraction of sp³-hybridized carbons (Fsp3) is 0.111. The first-order valence-corrected chi connectivity index (χ1v) is 3.47. The van der Waals surface area contributed by atoms with Crippen LogP contribution in [0.3, 0.4) is 0 Å². The summed E-state index contributed by atoms with van der Waals surface area (Å²) < 4.78 is 0. The second kappa shape index (κ2) is 3.54. The maximum atomic E-state index is 10.5. The van der Waals surface area contributed by atoms with Crippen LogP contribution in [-0.4, -0.2) is 13.3 Å². The molecule has 0 spiro atoms. The van der Waals surface area contributed by atoms with Crippen LogP contribution >= 0.6 is 0 Å². The van der Waals surface area contributed by atoms with Gasteiger partial charge in [0.2, 0.25) is 0 Å². The minimum absolute atomic E-state index is 0.529. The molecule has 0 radical (unpaired) electrons. The molecule has 3 heteroatoms. The number of aldehydes is 1. The van der Waals surface area contributed by atoms with Crippen molar-refractivity contribution >= 4 is 12.0 Å². The highest BCUT2D eigenvalue weighted by molar-refractivity contribution is 5.84. The number of rotatable bonds is 2. The summed E-state index contributed by atoms with van der Waals surface area (Å²) in [4.78, 5) is 11.9. The van der Waals surface area contributed by atoms with Gasteiger partial charge in [0.15, 0.2) is 12.5 Å². The van der Waals surface area contributed by atoms with Gasteiger partial charge in [-0.3, -0.25) is 9.69 Å². The Morgan fingerprint density at radius 3 is 2.75 bits per heavy atom. The van der Waals surface area contributed by atoms with Crippen LogP contribution in [0.15, 0.2) is 24.3 Å². The van der Waals surface area contributed by atoms with Gasteiger partial charge in [0.05, 0.1) is 5.69 Å². The number of benzene rings is 1. The lowest BCUT2D eigenvalue weighted by molar-refractivity contribution is 0.112. The molecular formula is C9H8N2O. The molecule has 0 saturated carbocycles. The van der Waals surface area contributed by atoms with Crippen LogP contribution in [0.2, 0.25) is 0 Å². The normalized spacial score (nSPS) is 8.67. The SMILES string of the molecule is CN(C#N)c1ccccc1C=O. The molecule has 0 N–H and O–H groups in total. The molecule has 0 aromatic heterocycles. The number of carbonyl (C=O) groups excluding carboxylic acids is 1. The van der Waals surface area contributed by atoms with Crippen LogP contribution in [-0.2, 0) is 0 Å². The Balaban J connectivity index is 3.15. The fourth-order valence-electron chi connectivity index (χ4n) is 0.947. The second-order valence-electron chi connectivity index (χ2n) is 2.34.